The second-order valence-electron chi connectivity index (χ2n) is 4.09. The molecule has 0 aliphatic carbocycles. The first kappa shape index (κ1) is 15.6. The third-order valence-electron chi connectivity index (χ3n) is 2.23. The van der Waals surface area contributed by atoms with Crippen molar-refractivity contribution in [2.45, 2.75) is 30.2 Å². The molecule has 6 heteroatoms. The summed E-state index contributed by atoms with van der Waals surface area (Å²) in [6, 6.07) is 6.77. The second-order valence-corrected chi connectivity index (χ2v) is 6.42. The molecule has 0 saturated carbocycles. The van der Waals surface area contributed by atoms with E-state index in [0.29, 0.717) is 11.9 Å². The van der Waals surface area contributed by atoms with Crippen LogP contribution in [0.2, 0.25) is 0 Å². The number of alkyl halides is 1. The molecule has 0 fully saturated rings. The number of rotatable bonds is 7. The molecular formula is C12H18BrNO3S. The molecule has 102 valence electrons. The first-order chi connectivity index (χ1) is 8.45. The number of sulfonamides is 1. The molecule has 0 spiro atoms. The molecule has 0 aliphatic rings. The highest BCUT2D eigenvalue weighted by atomic mass is 79.9. The highest BCUT2D eigenvalue weighted by molar-refractivity contribution is 9.08. The lowest BCUT2D eigenvalue weighted by Crippen LogP contribution is -2.28. The lowest BCUT2D eigenvalue weighted by atomic mass is 10.2. The van der Waals surface area contributed by atoms with Crippen LogP contribution in [0.4, 0.5) is 0 Å². The molecule has 0 aromatic heterocycles. The van der Waals surface area contributed by atoms with Gasteiger partial charge in [0.2, 0.25) is 10.0 Å². The normalized spacial score (nSPS) is 12.0. The molecule has 1 aromatic rings. The highest BCUT2D eigenvalue weighted by Gasteiger charge is 2.12. The fourth-order valence-electron chi connectivity index (χ4n) is 1.31. The number of hydrogen-bond acceptors (Lipinski definition) is 3. The number of benzene rings is 1. The Morgan fingerprint density at radius 2 is 1.89 bits per heavy atom. The molecule has 0 aliphatic heterocycles. The molecule has 4 nitrogen and oxygen atoms in total. The van der Waals surface area contributed by atoms with E-state index in [-0.39, 0.29) is 17.5 Å². The van der Waals surface area contributed by atoms with Gasteiger partial charge in [0.15, 0.2) is 0 Å². The summed E-state index contributed by atoms with van der Waals surface area (Å²) in [7, 11) is -3.43. The SMILES string of the molecule is CC(C)OCCNS(=O)(=O)c1ccc(CBr)cc1. The zero-order valence-electron chi connectivity index (χ0n) is 10.5. The minimum Gasteiger partial charge on any atom is -0.377 e. The molecule has 0 atom stereocenters. The quantitative estimate of drug-likeness (QED) is 0.614. The van der Waals surface area contributed by atoms with Gasteiger partial charge in [0.1, 0.15) is 0 Å². The van der Waals surface area contributed by atoms with Crippen molar-refractivity contribution in [1.29, 1.82) is 0 Å². The average Bonchev–Trinajstić information content (AvgIpc) is 2.34. The van der Waals surface area contributed by atoms with Gasteiger partial charge in [-0.3, -0.25) is 0 Å². The lowest BCUT2D eigenvalue weighted by Gasteiger charge is -2.09. The molecular weight excluding hydrogens is 318 g/mol. The molecule has 0 radical (unpaired) electrons. The fraction of sp³-hybridized carbons (Fsp3) is 0.500. The molecule has 0 bridgehead atoms. The van der Waals surface area contributed by atoms with Crippen molar-refractivity contribution in [1.82, 2.24) is 4.72 Å². The Labute approximate surface area is 117 Å². The highest BCUT2D eigenvalue weighted by Crippen LogP contribution is 2.12. The van der Waals surface area contributed by atoms with E-state index in [0.717, 1.165) is 5.56 Å². The van der Waals surface area contributed by atoms with Gasteiger partial charge in [0.05, 0.1) is 17.6 Å². The number of nitrogens with one attached hydrogen (secondary N) is 1. The monoisotopic (exact) mass is 335 g/mol. The van der Waals surface area contributed by atoms with Crippen LogP contribution in [0.25, 0.3) is 0 Å². The zero-order valence-corrected chi connectivity index (χ0v) is 12.9. The van der Waals surface area contributed by atoms with E-state index >= 15 is 0 Å². The van der Waals surface area contributed by atoms with Gasteiger partial charge in [-0.25, -0.2) is 13.1 Å². The fourth-order valence-corrected chi connectivity index (χ4v) is 2.70. The van der Waals surface area contributed by atoms with Crippen molar-refractivity contribution in [3.05, 3.63) is 29.8 Å². The van der Waals surface area contributed by atoms with E-state index < -0.39 is 10.0 Å². The van der Waals surface area contributed by atoms with Gasteiger partial charge in [0, 0.05) is 11.9 Å². The number of ether oxygens (including phenoxy) is 1. The Balaban J connectivity index is 2.57. The van der Waals surface area contributed by atoms with Gasteiger partial charge < -0.3 is 4.74 Å². The summed E-state index contributed by atoms with van der Waals surface area (Å²) in [6.45, 7) is 4.47. The van der Waals surface area contributed by atoms with Crippen molar-refractivity contribution in [3.8, 4) is 0 Å². The Kier molecular flexibility index (Phi) is 6.28. The minimum absolute atomic E-state index is 0.104. The summed E-state index contributed by atoms with van der Waals surface area (Å²) in [5.41, 5.74) is 1.04. The number of halogens is 1. The zero-order chi connectivity index (χ0) is 13.6. The van der Waals surface area contributed by atoms with E-state index in [1.807, 2.05) is 13.8 Å². The number of hydrogen-bond donors (Lipinski definition) is 1. The first-order valence-corrected chi connectivity index (χ1v) is 8.32. The molecule has 18 heavy (non-hydrogen) atoms. The Morgan fingerprint density at radius 1 is 1.28 bits per heavy atom. The molecule has 0 heterocycles. The summed E-state index contributed by atoms with van der Waals surface area (Å²) in [4.78, 5) is 0.275. The van der Waals surface area contributed by atoms with E-state index in [1.165, 1.54) is 0 Å². The van der Waals surface area contributed by atoms with Crippen LogP contribution in [-0.2, 0) is 20.1 Å². The summed E-state index contributed by atoms with van der Waals surface area (Å²) in [6.07, 6.45) is 0.104. The molecule has 1 rings (SSSR count). The van der Waals surface area contributed by atoms with Gasteiger partial charge in [-0.05, 0) is 31.5 Å². The van der Waals surface area contributed by atoms with Crippen LogP contribution in [0.5, 0.6) is 0 Å². The van der Waals surface area contributed by atoms with E-state index in [4.69, 9.17) is 4.74 Å². The maximum absolute atomic E-state index is 11.9. The van der Waals surface area contributed by atoms with Crippen LogP contribution in [-0.4, -0.2) is 27.7 Å². The second kappa shape index (κ2) is 7.23. The van der Waals surface area contributed by atoms with E-state index in [1.54, 1.807) is 24.3 Å². The standard InChI is InChI=1S/C12H18BrNO3S/c1-10(2)17-8-7-14-18(15,16)12-5-3-11(9-13)4-6-12/h3-6,10,14H,7-9H2,1-2H3. The topological polar surface area (TPSA) is 55.4 Å². The van der Waals surface area contributed by atoms with Gasteiger partial charge in [-0.1, -0.05) is 28.1 Å². The van der Waals surface area contributed by atoms with Crippen molar-refractivity contribution in [2.24, 2.45) is 0 Å². The van der Waals surface area contributed by atoms with E-state index in [9.17, 15) is 8.42 Å². The van der Waals surface area contributed by atoms with Crippen molar-refractivity contribution >= 4 is 26.0 Å². The van der Waals surface area contributed by atoms with Gasteiger partial charge in [-0.15, -0.1) is 0 Å². The van der Waals surface area contributed by atoms with E-state index in [2.05, 4.69) is 20.7 Å². The van der Waals surface area contributed by atoms with Gasteiger partial charge >= 0.3 is 0 Å². The summed E-state index contributed by atoms with van der Waals surface area (Å²) < 4.78 is 31.6. The Bertz CT molecular complexity index is 457. The summed E-state index contributed by atoms with van der Waals surface area (Å²) in [5.74, 6) is 0. The summed E-state index contributed by atoms with van der Waals surface area (Å²) >= 11 is 3.32. The largest absolute Gasteiger partial charge is 0.377 e. The smallest absolute Gasteiger partial charge is 0.240 e. The van der Waals surface area contributed by atoms with Crippen LogP contribution in [0.1, 0.15) is 19.4 Å². The first-order valence-electron chi connectivity index (χ1n) is 5.72. The van der Waals surface area contributed by atoms with Crippen LogP contribution >= 0.6 is 15.9 Å². The van der Waals surface area contributed by atoms with Gasteiger partial charge in [0.25, 0.3) is 0 Å². The molecule has 0 saturated heterocycles. The third-order valence-corrected chi connectivity index (χ3v) is 4.36. The minimum atomic E-state index is -3.43. The van der Waals surface area contributed by atoms with Crippen molar-refractivity contribution in [3.63, 3.8) is 0 Å². The van der Waals surface area contributed by atoms with Crippen molar-refractivity contribution in [2.75, 3.05) is 13.2 Å². The molecule has 0 amide bonds. The third kappa shape index (κ3) is 5.06. The predicted molar refractivity (Wildman–Crippen MR) is 75.3 cm³/mol. The maximum atomic E-state index is 11.9. The van der Waals surface area contributed by atoms with Gasteiger partial charge in [-0.2, -0.15) is 0 Å². The Hall–Kier alpha value is -0.430. The summed E-state index contributed by atoms with van der Waals surface area (Å²) in [5, 5.41) is 0.711. The molecule has 1 N–H and O–H groups in total. The lowest BCUT2D eigenvalue weighted by molar-refractivity contribution is 0.0834. The molecule has 0 unspecified atom stereocenters. The van der Waals surface area contributed by atoms with Crippen LogP contribution in [0.15, 0.2) is 29.2 Å². The molecule has 1 aromatic carbocycles. The van der Waals surface area contributed by atoms with Crippen LogP contribution < -0.4 is 4.72 Å². The average molecular weight is 336 g/mol. The maximum Gasteiger partial charge on any atom is 0.240 e. The van der Waals surface area contributed by atoms with Crippen LogP contribution in [0.3, 0.4) is 0 Å². The Morgan fingerprint density at radius 3 is 2.39 bits per heavy atom. The predicted octanol–water partition coefficient (Wildman–Crippen LogP) is 2.28. The van der Waals surface area contributed by atoms with Crippen molar-refractivity contribution < 1.29 is 13.2 Å². The van der Waals surface area contributed by atoms with Crippen LogP contribution in [0, 0.1) is 0 Å².